The van der Waals surface area contributed by atoms with E-state index < -0.39 is 0 Å². The molecule has 0 unspecified atom stereocenters. The molecule has 0 radical (unpaired) electrons. The molecule has 0 aromatic heterocycles. The van der Waals surface area contributed by atoms with Crippen LogP contribution in [0.5, 0.6) is 0 Å². The molecule has 0 amide bonds. The Morgan fingerprint density at radius 2 is 2.09 bits per heavy atom. The van der Waals surface area contributed by atoms with Crippen molar-refractivity contribution in [3.8, 4) is 0 Å². The zero-order valence-electron chi connectivity index (χ0n) is 6.36. The normalized spacial score (nSPS) is 45.5. The molecule has 0 spiro atoms. The molecule has 2 fully saturated rings. The molecule has 1 aliphatic heterocycles. The molecule has 0 aromatic rings. The minimum atomic E-state index is 0. The lowest BCUT2D eigenvalue weighted by molar-refractivity contribution is 0.382. The Hall–Kier alpha value is 1.21. The lowest BCUT2D eigenvalue weighted by Gasteiger charge is -2.16. The lowest BCUT2D eigenvalue weighted by Crippen LogP contribution is -2.27. The molecule has 0 bridgehead atoms. The van der Waals surface area contributed by atoms with Gasteiger partial charge in [-0.05, 0) is 13.0 Å². The summed E-state index contributed by atoms with van der Waals surface area (Å²) in [7, 11) is 0. The van der Waals surface area contributed by atoms with Gasteiger partial charge in [-0.2, -0.15) is 0 Å². The van der Waals surface area contributed by atoms with E-state index in [4.69, 9.17) is 0 Å². The van der Waals surface area contributed by atoms with E-state index in [2.05, 4.69) is 44.1 Å². The maximum Gasteiger partial charge on any atom is 0.0909 e. The van der Waals surface area contributed by atoms with Gasteiger partial charge in [-0.25, -0.2) is 0 Å². The van der Waals surface area contributed by atoms with Crippen molar-refractivity contribution in [1.29, 1.82) is 0 Å². The Morgan fingerprint density at radius 1 is 1.45 bits per heavy atom. The van der Waals surface area contributed by atoms with Gasteiger partial charge in [0.15, 0.2) is 0 Å². The number of piperidine rings is 1. The third kappa shape index (κ3) is 1.19. The highest BCUT2D eigenvalue weighted by Crippen LogP contribution is 2.73. The third-order valence-electron chi connectivity index (χ3n) is 3.05. The molecule has 1 nitrogen and oxygen atoms in total. The van der Waals surface area contributed by atoms with Gasteiger partial charge in [-0.15, -0.1) is 12.4 Å². The van der Waals surface area contributed by atoms with Crippen molar-refractivity contribution in [3.05, 3.63) is 0 Å². The van der Waals surface area contributed by atoms with Gasteiger partial charge in [-0.3, -0.25) is 0 Å². The number of halogens is 3. The van der Waals surface area contributed by atoms with Gasteiger partial charge in [0.1, 0.15) is 0 Å². The summed E-state index contributed by atoms with van der Waals surface area (Å²) in [5.74, 6) is 0.786. The first kappa shape index (κ1) is 10.3. The average molecular weight is 305 g/mol. The smallest absolute Gasteiger partial charge is 0.0909 e. The van der Waals surface area contributed by atoms with E-state index in [0.717, 1.165) is 12.5 Å². The highest BCUT2D eigenvalue weighted by Gasteiger charge is 2.71. The minimum absolute atomic E-state index is 0. The number of rotatable bonds is 0. The first-order valence-corrected chi connectivity index (χ1v) is 5.26. The predicted molar refractivity (Wildman–Crippen MR) is 56.9 cm³/mol. The molecule has 1 N–H and O–H groups in total. The number of fused-ring (bicyclic) bond motifs is 1. The van der Waals surface area contributed by atoms with Crippen molar-refractivity contribution < 1.29 is 0 Å². The Kier molecular flexibility index (Phi) is 2.68. The molecule has 1 saturated heterocycles. The van der Waals surface area contributed by atoms with E-state index in [1.54, 1.807) is 0 Å². The first-order chi connectivity index (χ1) is 4.59. The summed E-state index contributed by atoms with van der Waals surface area (Å²) in [6.07, 6.45) is 1.29. The van der Waals surface area contributed by atoms with Crippen LogP contribution in [0.1, 0.15) is 13.3 Å². The second-order valence-electron chi connectivity index (χ2n) is 3.55. The van der Waals surface area contributed by atoms with Crippen LogP contribution in [-0.2, 0) is 0 Å². The Labute approximate surface area is 90.4 Å². The molecule has 2 aliphatic rings. The van der Waals surface area contributed by atoms with Crippen LogP contribution < -0.4 is 5.32 Å². The summed E-state index contributed by atoms with van der Waals surface area (Å²) in [4.78, 5) is 0. The van der Waals surface area contributed by atoms with Crippen LogP contribution in [0.25, 0.3) is 0 Å². The summed E-state index contributed by atoms with van der Waals surface area (Å²) in [6, 6.07) is 0. The number of hydrogen-bond acceptors (Lipinski definition) is 1. The summed E-state index contributed by atoms with van der Waals surface area (Å²) in [5, 5.41) is 3.40. The summed E-state index contributed by atoms with van der Waals surface area (Å²) < 4.78 is 0.247. The van der Waals surface area contributed by atoms with Crippen molar-refractivity contribution >= 4 is 44.3 Å². The van der Waals surface area contributed by atoms with Crippen LogP contribution in [0, 0.1) is 11.3 Å². The molecule has 1 aliphatic carbocycles. The van der Waals surface area contributed by atoms with Crippen LogP contribution in [0.2, 0.25) is 0 Å². The van der Waals surface area contributed by atoms with Crippen LogP contribution in [0.4, 0.5) is 0 Å². The van der Waals surface area contributed by atoms with Crippen molar-refractivity contribution in [1.82, 2.24) is 5.32 Å². The van der Waals surface area contributed by atoms with Gasteiger partial charge in [0.25, 0.3) is 0 Å². The molecule has 1 saturated carbocycles. The first-order valence-electron chi connectivity index (χ1n) is 3.67. The van der Waals surface area contributed by atoms with Crippen LogP contribution in [-0.4, -0.2) is 16.3 Å². The molecule has 66 valence electrons. The highest BCUT2D eigenvalue weighted by atomic mass is 79.9. The minimum Gasteiger partial charge on any atom is -0.316 e. The second-order valence-corrected chi connectivity index (χ2v) is 7.11. The standard InChI is InChI=1S/C7H11Br2N.ClH/c1-6-2-3-10-4-5(6)7(6,8)9;/h5,10H,2-4H2,1H3;1H/t5-,6+;/m1./s1. The molecule has 11 heavy (non-hydrogen) atoms. The van der Waals surface area contributed by atoms with Crippen molar-refractivity contribution in [2.24, 2.45) is 11.3 Å². The van der Waals surface area contributed by atoms with Crippen LogP contribution >= 0.6 is 44.3 Å². The van der Waals surface area contributed by atoms with E-state index >= 15 is 0 Å². The number of alkyl halides is 2. The molecule has 4 heteroatoms. The van der Waals surface area contributed by atoms with Crippen molar-refractivity contribution in [2.45, 2.75) is 16.6 Å². The van der Waals surface area contributed by atoms with Gasteiger partial charge in [0.05, 0.1) is 3.23 Å². The summed E-state index contributed by atoms with van der Waals surface area (Å²) in [5.41, 5.74) is 0.512. The number of hydrogen-bond donors (Lipinski definition) is 1. The topological polar surface area (TPSA) is 12.0 Å². The SMILES string of the molecule is C[C@]12CCNC[C@H]1C2(Br)Br.Cl. The third-order valence-corrected chi connectivity index (χ3v) is 5.97. The van der Waals surface area contributed by atoms with E-state index in [1.807, 2.05) is 0 Å². The maximum absolute atomic E-state index is 3.71. The van der Waals surface area contributed by atoms with Crippen molar-refractivity contribution in [3.63, 3.8) is 0 Å². The van der Waals surface area contributed by atoms with Crippen molar-refractivity contribution in [2.75, 3.05) is 13.1 Å². The van der Waals surface area contributed by atoms with Crippen LogP contribution in [0.15, 0.2) is 0 Å². The van der Waals surface area contributed by atoms with Gasteiger partial charge < -0.3 is 5.32 Å². The van der Waals surface area contributed by atoms with Gasteiger partial charge in [-0.1, -0.05) is 38.8 Å². The largest absolute Gasteiger partial charge is 0.316 e. The molecule has 0 aromatic carbocycles. The molecule has 1 heterocycles. The molecular formula is C7H12Br2ClN. The van der Waals surface area contributed by atoms with E-state index in [0.29, 0.717) is 5.41 Å². The van der Waals surface area contributed by atoms with Gasteiger partial charge >= 0.3 is 0 Å². The van der Waals surface area contributed by atoms with E-state index in [1.165, 1.54) is 13.0 Å². The van der Waals surface area contributed by atoms with E-state index in [-0.39, 0.29) is 15.6 Å². The lowest BCUT2D eigenvalue weighted by atomic mass is 9.99. The van der Waals surface area contributed by atoms with E-state index in [9.17, 15) is 0 Å². The zero-order valence-corrected chi connectivity index (χ0v) is 10.4. The fourth-order valence-corrected chi connectivity index (χ4v) is 4.02. The quantitative estimate of drug-likeness (QED) is 0.678. The fraction of sp³-hybridized carbons (Fsp3) is 1.00. The molecular weight excluding hydrogens is 293 g/mol. The molecule has 2 atom stereocenters. The second kappa shape index (κ2) is 2.86. The Bertz CT molecular complexity index is 174. The predicted octanol–water partition coefficient (Wildman–Crippen LogP) is 2.52. The summed E-state index contributed by atoms with van der Waals surface area (Å²) >= 11 is 7.42. The number of nitrogens with one attached hydrogen (secondary N) is 1. The fourth-order valence-electron chi connectivity index (χ4n) is 1.96. The Morgan fingerprint density at radius 3 is 2.45 bits per heavy atom. The average Bonchev–Trinajstić information content (AvgIpc) is 2.30. The highest BCUT2D eigenvalue weighted by molar-refractivity contribution is 9.25. The maximum atomic E-state index is 3.71. The summed E-state index contributed by atoms with van der Waals surface area (Å²) in [6.45, 7) is 4.68. The van der Waals surface area contributed by atoms with Gasteiger partial charge in [0, 0.05) is 17.9 Å². The molecule has 2 rings (SSSR count). The van der Waals surface area contributed by atoms with Gasteiger partial charge in [0.2, 0.25) is 0 Å². The Balaban J connectivity index is 0.000000605. The monoisotopic (exact) mass is 303 g/mol. The van der Waals surface area contributed by atoms with Crippen LogP contribution in [0.3, 0.4) is 0 Å². The zero-order chi connectivity index (χ0) is 7.41.